The van der Waals surface area contributed by atoms with Gasteiger partial charge in [-0.3, -0.25) is 4.79 Å². The molecular weight excluding hydrogens is 620 g/mol. The third-order valence-corrected chi connectivity index (χ3v) is 5.34. The summed E-state index contributed by atoms with van der Waals surface area (Å²) in [5.41, 5.74) is 3.81. The minimum Gasteiger partial charge on any atom is -0.481 e. The predicted octanol–water partition coefficient (Wildman–Crippen LogP) is 12.9. The minimum absolute atomic E-state index is 0.140. The first-order valence-electron chi connectivity index (χ1n) is 18.4. The van der Waals surface area contributed by atoms with Gasteiger partial charge in [-0.15, -0.1) is 0 Å². The highest BCUT2D eigenvalue weighted by Crippen LogP contribution is 2.08. The number of rotatable bonds is 7. The van der Waals surface area contributed by atoms with Crippen molar-refractivity contribution in [3.8, 4) is 0 Å². The van der Waals surface area contributed by atoms with Gasteiger partial charge in [0.15, 0.2) is 0 Å². The van der Waals surface area contributed by atoms with E-state index in [1.165, 1.54) is 18.4 Å². The molecule has 0 heterocycles. The molecule has 0 spiro atoms. The summed E-state index contributed by atoms with van der Waals surface area (Å²) in [5.74, 6) is -1.15. The lowest BCUT2D eigenvalue weighted by molar-refractivity contribution is -0.141. The average molecular weight is 693 g/mol. The first kappa shape index (κ1) is 55.2. The minimum atomic E-state index is -0.879. The van der Waals surface area contributed by atoms with Crippen LogP contribution in [-0.4, -0.2) is 27.3 Å². The molecular formula is C45H72O5. The molecule has 4 rings (SSSR count). The summed E-state index contributed by atoms with van der Waals surface area (Å²) in [7, 11) is 0. The number of hydrogen-bond donors (Lipinski definition) is 3. The summed E-state index contributed by atoms with van der Waals surface area (Å²) in [5, 5.41) is 25.6. The number of aliphatic carboxylic acids is 1. The van der Waals surface area contributed by atoms with Crippen molar-refractivity contribution in [2.75, 3.05) is 0 Å². The van der Waals surface area contributed by atoms with Crippen molar-refractivity contribution < 1.29 is 24.9 Å². The highest BCUT2D eigenvalue weighted by atomic mass is 16.4. The maximum atomic E-state index is 10.5. The lowest BCUT2D eigenvalue weighted by Gasteiger charge is -2.04. The van der Waals surface area contributed by atoms with Gasteiger partial charge in [0.1, 0.15) is 0 Å². The van der Waals surface area contributed by atoms with Gasteiger partial charge in [-0.1, -0.05) is 206 Å². The van der Waals surface area contributed by atoms with Crippen molar-refractivity contribution in [1.29, 1.82) is 0 Å². The number of carboxylic acid groups (broad SMARTS) is 2. The molecule has 0 radical (unpaired) electrons. The molecule has 3 N–H and O–H groups in total. The van der Waals surface area contributed by atoms with E-state index < -0.39 is 11.9 Å². The number of hydrogen-bond acceptors (Lipinski definition) is 3. The van der Waals surface area contributed by atoms with Gasteiger partial charge in [-0.25, -0.2) is 4.79 Å². The monoisotopic (exact) mass is 693 g/mol. The van der Waals surface area contributed by atoms with E-state index in [0.29, 0.717) is 12.0 Å². The molecule has 0 bridgehead atoms. The van der Waals surface area contributed by atoms with Gasteiger partial charge in [0.05, 0.1) is 18.1 Å². The second kappa shape index (κ2) is 44.8. The van der Waals surface area contributed by atoms with Crippen molar-refractivity contribution >= 4 is 11.9 Å². The number of aliphatic hydroxyl groups is 1. The molecule has 282 valence electrons. The Hall–Kier alpha value is -4.22. The fraction of sp³-hybridized carbons (Fsp3) is 0.422. The maximum absolute atomic E-state index is 10.5. The van der Waals surface area contributed by atoms with E-state index >= 15 is 0 Å². The van der Waals surface area contributed by atoms with Crippen LogP contribution in [-0.2, 0) is 24.2 Å². The molecule has 0 aromatic heterocycles. The Morgan fingerprint density at radius 2 is 0.780 bits per heavy atom. The Labute approximate surface area is 307 Å². The molecule has 0 fully saturated rings. The van der Waals surface area contributed by atoms with E-state index in [1.807, 2.05) is 116 Å². The molecule has 4 aromatic rings. The zero-order chi connectivity index (χ0) is 39.6. The van der Waals surface area contributed by atoms with Gasteiger partial charge < -0.3 is 15.3 Å². The zero-order valence-electron chi connectivity index (χ0n) is 33.7. The number of carbonyl (C=O) groups is 2. The van der Waals surface area contributed by atoms with Crippen LogP contribution in [0, 0.1) is 11.8 Å². The van der Waals surface area contributed by atoms with Crippen LogP contribution in [0.2, 0.25) is 0 Å². The van der Waals surface area contributed by atoms with Crippen LogP contribution in [0.15, 0.2) is 121 Å². The van der Waals surface area contributed by atoms with Crippen LogP contribution < -0.4 is 0 Å². The molecule has 5 nitrogen and oxygen atoms in total. The summed E-state index contributed by atoms with van der Waals surface area (Å²) in [4.78, 5) is 20.7. The summed E-state index contributed by atoms with van der Waals surface area (Å²) in [6.45, 7) is 26.6. The molecule has 0 aliphatic carbocycles. The van der Waals surface area contributed by atoms with E-state index in [2.05, 4.69) is 58.0 Å². The second-order valence-electron chi connectivity index (χ2n) is 10.0. The quantitative estimate of drug-likeness (QED) is 0.179. The maximum Gasteiger partial charge on any atom is 0.335 e. The van der Waals surface area contributed by atoms with Gasteiger partial charge >= 0.3 is 11.9 Å². The third-order valence-electron chi connectivity index (χ3n) is 5.34. The summed E-state index contributed by atoms with van der Waals surface area (Å²) in [6.07, 6.45) is 3.05. The molecule has 1 atom stereocenters. The topological polar surface area (TPSA) is 94.8 Å². The Bertz CT molecular complexity index is 1180. The lowest BCUT2D eigenvalue weighted by atomic mass is 10.0. The third kappa shape index (κ3) is 38.2. The van der Waals surface area contributed by atoms with Crippen molar-refractivity contribution in [3.63, 3.8) is 0 Å². The average Bonchev–Trinajstić information content (AvgIpc) is 3.17. The van der Waals surface area contributed by atoms with E-state index in [-0.39, 0.29) is 12.5 Å². The number of aromatic carboxylic acids is 1. The van der Waals surface area contributed by atoms with Crippen LogP contribution in [0.1, 0.15) is 123 Å². The molecule has 5 heteroatoms. The van der Waals surface area contributed by atoms with Gasteiger partial charge in [-0.05, 0) is 47.6 Å². The fourth-order valence-electron chi connectivity index (χ4n) is 3.30. The second-order valence-corrected chi connectivity index (χ2v) is 10.0. The van der Waals surface area contributed by atoms with Crippen LogP contribution in [0.5, 0.6) is 0 Å². The zero-order valence-corrected chi connectivity index (χ0v) is 33.7. The van der Waals surface area contributed by atoms with E-state index in [4.69, 9.17) is 15.3 Å². The predicted molar refractivity (Wildman–Crippen MR) is 219 cm³/mol. The Morgan fingerprint density at radius 3 is 1.00 bits per heavy atom. The van der Waals surface area contributed by atoms with Gasteiger partial charge in [0.2, 0.25) is 0 Å². The van der Waals surface area contributed by atoms with Crippen molar-refractivity contribution in [2.45, 2.75) is 116 Å². The molecule has 4 aromatic carbocycles. The van der Waals surface area contributed by atoms with Crippen LogP contribution >= 0.6 is 0 Å². The van der Waals surface area contributed by atoms with Gasteiger partial charge in [0.25, 0.3) is 0 Å². The normalized spacial score (nSPS) is 8.94. The highest BCUT2D eigenvalue weighted by Gasteiger charge is 2.10. The first-order chi connectivity index (χ1) is 24.1. The number of carboxylic acids is 2. The molecule has 0 aliphatic heterocycles. The highest BCUT2D eigenvalue weighted by molar-refractivity contribution is 5.87. The molecule has 50 heavy (non-hydrogen) atoms. The van der Waals surface area contributed by atoms with Crippen molar-refractivity contribution in [2.24, 2.45) is 11.8 Å². The van der Waals surface area contributed by atoms with E-state index in [1.54, 1.807) is 37.3 Å². The fourth-order valence-corrected chi connectivity index (χ4v) is 3.30. The van der Waals surface area contributed by atoms with Crippen LogP contribution in [0.25, 0.3) is 0 Å². The summed E-state index contributed by atoms with van der Waals surface area (Å²) in [6, 6.07) is 38.1. The van der Waals surface area contributed by atoms with Crippen molar-refractivity contribution in [1.82, 2.24) is 0 Å². The smallest absolute Gasteiger partial charge is 0.335 e. The van der Waals surface area contributed by atoms with E-state index in [0.717, 1.165) is 17.0 Å². The molecule has 0 amide bonds. The molecule has 0 saturated heterocycles. The number of aliphatic hydroxyl groups excluding tert-OH is 1. The number of benzene rings is 4. The van der Waals surface area contributed by atoms with Gasteiger partial charge in [-0.2, -0.15) is 0 Å². The van der Waals surface area contributed by atoms with E-state index in [9.17, 15) is 9.59 Å². The summed E-state index contributed by atoms with van der Waals surface area (Å²) < 4.78 is 0. The Kier molecular flexibility index (Phi) is 49.4. The Balaban J connectivity index is -0.000000165. The SMILES string of the molecule is CC.CC.CC.CC.CC(C)Cc1ccccc1.CC(Cc1ccccc1)C(=O)O.CCC.O=C(O)c1ccccc1.OCc1ccccc1. The molecule has 1 unspecified atom stereocenters. The van der Waals surface area contributed by atoms with Crippen LogP contribution in [0.3, 0.4) is 0 Å². The largest absolute Gasteiger partial charge is 0.481 e. The standard InChI is InChI=1S/C10H12O2.C10H14.C7H6O2.C7H8O.C3H8.4C2H6/c1-8(10(11)12)7-9-5-3-2-4-6-9;1-9(2)8-10-6-4-3-5-7-10;8-7(9)6-4-2-1-3-5-6;8-6-7-4-2-1-3-5-7;1-3-2;4*1-2/h2-6,8H,7H2,1H3,(H,11,12);3-7,9H,8H2,1-2H3;1-5H,(H,8,9);1-5,8H,6H2;3H2,1-2H3;4*1-2H3. The molecule has 0 aliphatic rings. The Morgan fingerprint density at radius 1 is 0.500 bits per heavy atom. The van der Waals surface area contributed by atoms with Gasteiger partial charge in [0, 0.05) is 0 Å². The van der Waals surface area contributed by atoms with Crippen molar-refractivity contribution in [3.05, 3.63) is 144 Å². The lowest BCUT2D eigenvalue weighted by Crippen LogP contribution is -2.11. The summed E-state index contributed by atoms with van der Waals surface area (Å²) >= 11 is 0. The van der Waals surface area contributed by atoms with Crippen LogP contribution in [0.4, 0.5) is 0 Å². The molecule has 0 saturated carbocycles. The first-order valence-corrected chi connectivity index (χ1v) is 18.4.